The summed E-state index contributed by atoms with van der Waals surface area (Å²) in [6.07, 6.45) is 6.65. The topological polar surface area (TPSA) is 50.4 Å². The van der Waals surface area contributed by atoms with E-state index in [1.54, 1.807) is 0 Å². The molecule has 4 rings (SSSR count). The fourth-order valence-electron chi connectivity index (χ4n) is 5.12. The summed E-state index contributed by atoms with van der Waals surface area (Å²) in [5, 5.41) is 5.83. The van der Waals surface area contributed by atoms with Crippen molar-refractivity contribution in [2.24, 2.45) is 23.7 Å². The van der Waals surface area contributed by atoms with Crippen LogP contribution in [0, 0.1) is 23.7 Å². The van der Waals surface area contributed by atoms with Crippen LogP contribution in [-0.4, -0.2) is 31.8 Å². The van der Waals surface area contributed by atoms with Crippen LogP contribution < -0.4 is 10.6 Å². The molecular weight excluding hydrogens is 240 g/mol. The highest BCUT2D eigenvalue weighted by Gasteiger charge is 2.57. The molecule has 0 unspecified atom stereocenters. The van der Waals surface area contributed by atoms with Gasteiger partial charge in [0, 0.05) is 20.2 Å². The van der Waals surface area contributed by atoms with E-state index in [-0.39, 0.29) is 11.6 Å². The lowest BCUT2D eigenvalue weighted by Crippen LogP contribution is -2.63. The minimum absolute atomic E-state index is 0.0623. The van der Waals surface area contributed by atoms with Gasteiger partial charge in [0.15, 0.2) is 0 Å². The van der Waals surface area contributed by atoms with Crippen LogP contribution >= 0.6 is 0 Å². The Labute approximate surface area is 115 Å². The number of carbonyl (C=O) groups excluding carboxylic acids is 1. The fraction of sp³-hybridized carbons (Fsp3) is 0.933. The number of urea groups is 1. The molecule has 19 heavy (non-hydrogen) atoms. The quantitative estimate of drug-likeness (QED) is 0.819. The normalized spacial score (nSPS) is 43.3. The molecular formula is C15H26N2O2. The van der Waals surface area contributed by atoms with Crippen LogP contribution in [0.4, 0.5) is 4.79 Å². The summed E-state index contributed by atoms with van der Waals surface area (Å²) in [6, 6.07) is -0.0623. The molecule has 0 heterocycles. The highest BCUT2D eigenvalue weighted by molar-refractivity contribution is 5.73. The van der Waals surface area contributed by atoms with Crippen LogP contribution in [0.1, 0.15) is 39.0 Å². The maximum Gasteiger partial charge on any atom is 0.314 e. The molecule has 4 aliphatic carbocycles. The number of hydrogen-bond donors (Lipinski definition) is 2. The molecule has 0 aromatic heterocycles. The molecule has 4 heteroatoms. The van der Waals surface area contributed by atoms with Crippen molar-refractivity contribution in [2.75, 3.05) is 20.2 Å². The van der Waals surface area contributed by atoms with Crippen LogP contribution in [0.5, 0.6) is 0 Å². The van der Waals surface area contributed by atoms with Crippen molar-refractivity contribution in [3.63, 3.8) is 0 Å². The monoisotopic (exact) mass is 266 g/mol. The van der Waals surface area contributed by atoms with E-state index in [9.17, 15) is 4.79 Å². The van der Waals surface area contributed by atoms with Gasteiger partial charge in [-0.2, -0.15) is 0 Å². The van der Waals surface area contributed by atoms with Crippen LogP contribution in [0.2, 0.25) is 0 Å². The van der Waals surface area contributed by atoms with Crippen LogP contribution in [0.25, 0.3) is 0 Å². The first-order valence-corrected chi connectivity index (χ1v) is 7.74. The first-order valence-electron chi connectivity index (χ1n) is 7.74. The zero-order chi connectivity index (χ0) is 13.5. The Hall–Kier alpha value is -0.770. The molecule has 4 bridgehead atoms. The van der Waals surface area contributed by atoms with Crippen LogP contribution in [-0.2, 0) is 4.74 Å². The second-order valence-corrected chi connectivity index (χ2v) is 6.68. The number of rotatable bonds is 4. The average Bonchev–Trinajstić information content (AvgIpc) is 2.38. The Bertz CT molecular complexity index is 328. The number of ether oxygens (including phenoxy) is 1. The summed E-state index contributed by atoms with van der Waals surface area (Å²) in [7, 11) is 1.83. The second-order valence-electron chi connectivity index (χ2n) is 6.68. The number of carbonyl (C=O) groups is 1. The Kier molecular flexibility index (Phi) is 3.46. The maximum absolute atomic E-state index is 11.7. The average molecular weight is 266 g/mol. The van der Waals surface area contributed by atoms with Crippen molar-refractivity contribution in [1.82, 2.24) is 10.6 Å². The lowest BCUT2D eigenvalue weighted by Gasteiger charge is -2.60. The van der Waals surface area contributed by atoms with Gasteiger partial charge in [-0.05, 0) is 62.7 Å². The number of methoxy groups -OCH3 is 1. The highest BCUT2D eigenvalue weighted by atomic mass is 16.5. The van der Waals surface area contributed by atoms with Gasteiger partial charge in [0.1, 0.15) is 0 Å². The minimum atomic E-state index is -0.0987. The SMILES string of the molecule is CCNC(=O)NCC1(OC)C2CC3CC(C2)CC1C3. The van der Waals surface area contributed by atoms with E-state index in [0.717, 1.165) is 11.8 Å². The third kappa shape index (κ3) is 2.14. The van der Waals surface area contributed by atoms with E-state index in [4.69, 9.17) is 4.74 Å². The molecule has 4 fully saturated rings. The Morgan fingerprint density at radius 1 is 1.11 bits per heavy atom. The van der Waals surface area contributed by atoms with Crippen molar-refractivity contribution in [1.29, 1.82) is 0 Å². The van der Waals surface area contributed by atoms with Gasteiger partial charge >= 0.3 is 6.03 Å². The van der Waals surface area contributed by atoms with E-state index < -0.39 is 0 Å². The highest BCUT2D eigenvalue weighted by Crippen LogP contribution is 2.59. The molecule has 2 amide bonds. The molecule has 0 aliphatic heterocycles. The molecule has 4 saturated carbocycles. The third-order valence-corrected chi connectivity index (χ3v) is 5.76. The van der Waals surface area contributed by atoms with Crippen molar-refractivity contribution in [3.8, 4) is 0 Å². The van der Waals surface area contributed by atoms with Gasteiger partial charge in [-0.25, -0.2) is 4.79 Å². The van der Waals surface area contributed by atoms with Gasteiger partial charge in [-0.1, -0.05) is 0 Å². The Morgan fingerprint density at radius 3 is 2.16 bits per heavy atom. The Morgan fingerprint density at radius 2 is 1.68 bits per heavy atom. The largest absolute Gasteiger partial charge is 0.376 e. The van der Waals surface area contributed by atoms with Crippen LogP contribution in [0.15, 0.2) is 0 Å². The maximum atomic E-state index is 11.7. The molecule has 0 radical (unpaired) electrons. The van der Waals surface area contributed by atoms with Gasteiger partial charge in [0.25, 0.3) is 0 Å². The molecule has 0 aromatic rings. The van der Waals surface area contributed by atoms with Crippen molar-refractivity contribution < 1.29 is 9.53 Å². The van der Waals surface area contributed by atoms with Gasteiger partial charge in [0.05, 0.1) is 5.60 Å². The van der Waals surface area contributed by atoms with Crippen molar-refractivity contribution >= 4 is 6.03 Å². The standard InChI is InChI=1S/C15H26N2O2/c1-3-16-14(18)17-9-15(19-2)12-5-10-4-11(7-12)8-13(15)6-10/h10-13H,3-9H2,1-2H3,(H2,16,17,18). The predicted octanol–water partition coefficient (Wildman–Crippen LogP) is 2.15. The lowest BCUT2D eigenvalue weighted by molar-refractivity contribution is -0.186. The van der Waals surface area contributed by atoms with E-state index in [1.165, 1.54) is 32.1 Å². The summed E-state index contributed by atoms with van der Waals surface area (Å²) >= 11 is 0. The first kappa shape index (κ1) is 13.2. The molecule has 4 nitrogen and oxygen atoms in total. The fourth-order valence-corrected chi connectivity index (χ4v) is 5.12. The van der Waals surface area contributed by atoms with E-state index in [0.29, 0.717) is 24.9 Å². The zero-order valence-electron chi connectivity index (χ0n) is 12.1. The summed E-state index contributed by atoms with van der Waals surface area (Å²) in [4.78, 5) is 11.7. The van der Waals surface area contributed by atoms with Gasteiger partial charge in [0.2, 0.25) is 0 Å². The van der Waals surface area contributed by atoms with E-state index >= 15 is 0 Å². The van der Waals surface area contributed by atoms with E-state index in [1.807, 2.05) is 14.0 Å². The van der Waals surface area contributed by atoms with Crippen molar-refractivity contribution in [2.45, 2.75) is 44.6 Å². The lowest BCUT2D eigenvalue weighted by atomic mass is 9.49. The third-order valence-electron chi connectivity index (χ3n) is 5.76. The molecule has 4 aliphatic rings. The van der Waals surface area contributed by atoms with Crippen LogP contribution in [0.3, 0.4) is 0 Å². The summed E-state index contributed by atoms with van der Waals surface area (Å²) in [6.45, 7) is 3.28. The van der Waals surface area contributed by atoms with Crippen molar-refractivity contribution in [3.05, 3.63) is 0 Å². The molecule has 0 atom stereocenters. The number of amides is 2. The van der Waals surface area contributed by atoms with E-state index in [2.05, 4.69) is 10.6 Å². The molecule has 0 spiro atoms. The molecule has 108 valence electrons. The summed E-state index contributed by atoms with van der Waals surface area (Å²) in [5.74, 6) is 3.15. The molecule has 0 aromatic carbocycles. The minimum Gasteiger partial charge on any atom is -0.376 e. The Balaban J connectivity index is 1.70. The van der Waals surface area contributed by atoms with Gasteiger partial charge in [-0.15, -0.1) is 0 Å². The van der Waals surface area contributed by atoms with Gasteiger partial charge < -0.3 is 15.4 Å². The zero-order valence-corrected chi connectivity index (χ0v) is 12.1. The number of nitrogens with one attached hydrogen (secondary N) is 2. The second kappa shape index (κ2) is 4.97. The summed E-state index contributed by atoms with van der Waals surface area (Å²) in [5.41, 5.74) is -0.0987. The molecule has 2 N–H and O–H groups in total. The predicted molar refractivity (Wildman–Crippen MR) is 73.9 cm³/mol. The first-order chi connectivity index (χ1) is 9.18. The smallest absolute Gasteiger partial charge is 0.314 e. The number of hydrogen-bond acceptors (Lipinski definition) is 2. The van der Waals surface area contributed by atoms with Gasteiger partial charge in [-0.3, -0.25) is 0 Å². The molecule has 0 saturated heterocycles. The summed E-state index contributed by atoms with van der Waals surface area (Å²) < 4.78 is 6.00.